The maximum Gasteiger partial charge on any atom is 0.180 e. The standard InChI is InChI=1S/C14H23NO2S/c1-5-11(3)13(15)9-18(16,17)14-7-6-10(2)8-12(14)4/h6-8,11,13H,5,9,15H2,1-4H3. The molecule has 2 atom stereocenters. The van der Waals surface area contributed by atoms with Gasteiger partial charge in [0.25, 0.3) is 0 Å². The molecular weight excluding hydrogens is 246 g/mol. The Hall–Kier alpha value is -0.870. The molecule has 0 spiro atoms. The fourth-order valence-electron chi connectivity index (χ4n) is 1.96. The lowest BCUT2D eigenvalue weighted by molar-refractivity contribution is 0.466. The zero-order valence-corrected chi connectivity index (χ0v) is 12.4. The predicted octanol–water partition coefficient (Wildman–Crippen LogP) is 2.45. The van der Waals surface area contributed by atoms with Crippen LogP contribution in [0.5, 0.6) is 0 Å². The molecule has 1 rings (SSSR count). The SMILES string of the molecule is CCC(C)C(N)CS(=O)(=O)c1ccc(C)cc1C. The zero-order valence-electron chi connectivity index (χ0n) is 11.6. The molecule has 2 unspecified atom stereocenters. The second kappa shape index (κ2) is 5.85. The van der Waals surface area contributed by atoms with Crippen molar-refractivity contribution in [2.45, 2.75) is 45.1 Å². The molecule has 18 heavy (non-hydrogen) atoms. The summed E-state index contributed by atoms with van der Waals surface area (Å²) in [5.41, 5.74) is 7.82. The van der Waals surface area contributed by atoms with Crippen LogP contribution in [0.25, 0.3) is 0 Å². The average Bonchev–Trinajstić information content (AvgIpc) is 2.26. The molecule has 0 aliphatic rings. The van der Waals surface area contributed by atoms with Crippen LogP contribution in [-0.2, 0) is 9.84 Å². The molecule has 0 aromatic heterocycles. The van der Waals surface area contributed by atoms with E-state index in [0.29, 0.717) is 4.90 Å². The van der Waals surface area contributed by atoms with Gasteiger partial charge in [0.05, 0.1) is 10.6 Å². The first-order chi connectivity index (χ1) is 8.27. The first kappa shape index (κ1) is 15.2. The lowest BCUT2D eigenvalue weighted by Gasteiger charge is -2.19. The minimum absolute atomic E-state index is 0.0197. The number of hydrogen-bond acceptors (Lipinski definition) is 3. The maximum absolute atomic E-state index is 12.3. The van der Waals surface area contributed by atoms with Gasteiger partial charge in [0.15, 0.2) is 9.84 Å². The van der Waals surface area contributed by atoms with Gasteiger partial charge in [0.1, 0.15) is 0 Å². The molecule has 0 aliphatic heterocycles. The van der Waals surface area contributed by atoms with Crippen LogP contribution in [0.1, 0.15) is 31.4 Å². The molecule has 0 amide bonds. The van der Waals surface area contributed by atoms with Crippen LogP contribution in [0, 0.1) is 19.8 Å². The largest absolute Gasteiger partial charge is 0.327 e. The Bertz CT molecular complexity index is 509. The van der Waals surface area contributed by atoms with Gasteiger partial charge < -0.3 is 5.73 Å². The Morgan fingerprint density at radius 2 is 1.89 bits per heavy atom. The van der Waals surface area contributed by atoms with Crippen molar-refractivity contribution in [3.8, 4) is 0 Å². The summed E-state index contributed by atoms with van der Waals surface area (Å²) in [6, 6.07) is 5.10. The summed E-state index contributed by atoms with van der Waals surface area (Å²) in [7, 11) is -3.29. The highest BCUT2D eigenvalue weighted by Gasteiger charge is 2.23. The molecule has 1 aromatic rings. The van der Waals surface area contributed by atoms with E-state index in [2.05, 4.69) is 0 Å². The highest BCUT2D eigenvalue weighted by Crippen LogP contribution is 2.20. The predicted molar refractivity (Wildman–Crippen MR) is 75.4 cm³/mol. The summed E-state index contributed by atoms with van der Waals surface area (Å²) in [5, 5.41) is 0. The molecule has 0 heterocycles. The molecule has 102 valence electrons. The molecule has 0 bridgehead atoms. The highest BCUT2D eigenvalue weighted by atomic mass is 32.2. The van der Waals surface area contributed by atoms with E-state index >= 15 is 0 Å². The number of hydrogen-bond donors (Lipinski definition) is 1. The fourth-order valence-corrected chi connectivity index (χ4v) is 3.80. The molecule has 0 fully saturated rings. The third-order valence-electron chi connectivity index (χ3n) is 3.45. The summed E-state index contributed by atoms with van der Waals surface area (Å²) in [5.74, 6) is 0.233. The van der Waals surface area contributed by atoms with E-state index in [-0.39, 0.29) is 17.7 Å². The van der Waals surface area contributed by atoms with Crippen molar-refractivity contribution in [2.24, 2.45) is 11.7 Å². The van der Waals surface area contributed by atoms with Crippen molar-refractivity contribution in [3.05, 3.63) is 29.3 Å². The van der Waals surface area contributed by atoms with Crippen molar-refractivity contribution >= 4 is 9.84 Å². The molecule has 1 aromatic carbocycles. The Morgan fingerprint density at radius 1 is 1.28 bits per heavy atom. The first-order valence-electron chi connectivity index (χ1n) is 6.33. The molecule has 4 heteroatoms. The molecule has 2 N–H and O–H groups in total. The Labute approximate surface area is 110 Å². The summed E-state index contributed by atoms with van der Waals surface area (Å²) >= 11 is 0. The minimum atomic E-state index is -3.29. The van der Waals surface area contributed by atoms with E-state index in [9.17, 15) is 8.42 Å². The lowest BCUT2D eigenvalue weighted by atomic mass is 10.0. The maximum atomic E-state index is 12.3. The highest BCUT2D eigenvalue weighted by molar-refractivity contribution is 7.91. The first-order valence-corrected chi connectivity index (χ1v) is 7.98. The van der Waals surface area contributed by atoms with Crippen LogP contribution >= 0.6 is 0 Å². The Balaban J connectivity index is 3.00. The molecule has 0 saturated carbocycles. The quantitative estimate of drug-likeness (QED) is 0.893. The van der Waals surface area contributed by atoms with Gasteiger partial charge in [0, 0.05) is 6.04 Å². The van der Waals surface area contributed by atoms with Crippen molar-refractivity contribution < 1.29 is 8.42 Å². The lowest BCUT2D eigenvalue weighted by Crippen LogP contribution is -2.35. The summed E-state index contributed by atoms with van der Waals surface area (Å²) in [6.45, 7) is 7.79. The number of benzene rings is 1. The van der Waals surface area contributed by atoms with Gasteiger partial charge in [-0.2, -0.15) is 0 Å². The van der Waals surface area contributed by atoms with Crippen molar-refractivity contribution in [1.29, 1.82) is 0 Å². The van der Waals surface area contributed by atoms with Gasteiger partial charge in [-0.15, -0.1) is 0 Å². The van der Waals surface area contributed by atoms with E-state index in [0.717, 1.165) is 17.5 Å². The van der Waals surface area contributed by atoms with Crippen LogP contribution in [0.15, 0.2) is 23.1 Å². The average molecular weight is 269 g/mol. The second-order valence-electron chi connectivity index (χ2n) is 5.10. The summed E-state index contributed by atoms with van der Waals surface area (Å²) in [6.07, 6.45) is 0.892. The van der Waals surface area contributed by atoms with E-state index in [1.807, 2.05) is 39.8 Å². The van der Waals surface area contributed by atoms with Gasteiger partial charge >= 0.3 is 0 Å². The van der Waals surface area contributed by atoms with Crippen LogP contribution in [0.3, 0.4) is 0 Å². The summed E-state index contributed by atoms with van der Waals surface area (Å²) in [4.78, 5) is 0.409. The van der Waals surface area contributed by atoms with Crippen LogP contribution in [0.2, 0.25) is 0 Å². The monoisotopic (exact) mass is 269 g/mol. The smallest absolute Gasteiger partial charge is 0.180 e. The van der Waals surface area contributed by atoms with Crippen molar-refractivity contribution in [3.63, 3.8) is 0 Å². The van der Waals surface area contributed by atoms with E-state index in [4.69, 9.17) is 5.73 Å². The van der Waals surface area contributed by atoms with E-state index in [1.165, 1.54) is 0 Å². The van der Waals surface area contributed by atoms with Gasteiger partial charge in [-0.05, 0) is 31.4 Å². The normalized spacial score (nSPS) is 15.4. The third-order valence-corrected chi connectivity index (χ3v) is 5.40. The molecular formula is C14H23NO2S. The van der Waals surface area contributed by atoms with Gasteiger partial charge in [0.2, 0.25) is 0 Å². The minimum Gasteiger partial charge on any atom is -0.327 e. The molecule has 0 aliphatic carbocycles. The van der Waals surface area contributed by atoms with E-state index < -0.39 is 9.84 Å². The molecule has 0 saturated heterocycles. The van der Waals surface area contributed by atoms with Crippen LogP contribution in [0.4, 0.5) is 0 Å². The van der Waals surface area contributed by atoms with Gasteiger partial charge in [-0.3, -0.25) is 0 Å². The third kappa shape index (κ3) is 3.56. The number of nitrogens with two attached hydrogens (primary N) is 1. The number of rotatable bonds is 5. The Morgan fingerprint density at radius 3 is 2.39 bits per heavy atom. The topological polar surface area (TPSA) is 60.2 Å². The fraction of sp³-hybridized carbons (Fsp3) is 0.571. The van der Waals surface area contributed by atoms with Crippen LogP contribution < -0.4 is 5.73 Å². The zero-order chi connectivity index (χ0) is 13.9. The van der Waals surface area contributed by atoms with Crippen molar-refractivity contribution in [2.75, 3.05) is 5.75 Å². The van der Waals surface area contributed by atoms with E-state index in [1.54, 1.807) is 6.07 Å². The Kier molecular flexibility index (Phi) is 4.93. The van der Waals surface area contributed by atoms with Crippen molar-refractivity contribution in [1.82, 2.24) is 0 Å². The molecule has 3 nitrogen and oxygen atoms in total. The van der Waals surface area contributed by atoms with Gasteiger partial charge in [-0.1, -0.05) is 38.0 Å². The molecule has 0 radical (unpaired) electrons. The van der Waals surface area contributed by atoms with Gasteiger partial charge in [-0.25, -0.2) is 8.42 Å². The second-order valence-corrected chi connectivity index (χ2v) is 7.10. The number of aryl methyl sites for hydroxylation is 2. The summed E-state index contributed by atoms with van der Waals surface area (Å²) < 4.78 is 24.6. The van der Waals surface area contributed by atoms with Crippen LogP contribution in [-0.4, -0.2) is 20.2 Å². The number of sulfone groups is 1.